The van der Waals surface area contributed by atoms with Crippen molar-refractivity contribution in [1.82, 2.24) is 4.31 Å². The first kappa shape index (κ1) is 12.5. The van der Waals surface area contributed by atoms with Crippen LogP contribution in [0.2, 0.25) is 0 Å². The SMILES string of the molecule is NCc1ccccc1CN1CCCCS1(=O)=O. The summed E-state index contributed by atoms with van der Waals surface area (Å²) in [5.41, 5.74) is 7.69. The molecule has 0 atom stereocenters. The molecular weight excluding hydrogens is 236 g/mol. The van der Waals surface area contributed by atoms with E-state index in [-0.39, 0.29) is 5.75 Å². The summed E-state index contributed by atoms with van der Waals surface area (Å²) in [5.74, 6) is 0.276. The smallest absolute Gasteiger partial charge is 0.214 e. The molecule has 1 saturated heterocycles. The van der Waals surface area contributed by atoms with Gasteiger partial charge in [-0.25, -0.2) is 8.42 Å². The molecule has 4 nitrogen and oxygen atoms in total. The Kier molecular flexibility index (Phi) is 3.81. The molecule has 0 unspecified atom stereocenters. The quantitative estimate of drug-likeness (QED) is 0.877. The summed E-state index contributed by atoms with van der Waals surface area (Å²) in [6.45, 7) is 1.53. The Morgan fingerprint density at radius 3 is 2.53 bits per heavy atom. The lowest BCUT2D eigenvalue weighted by atomic mass is 10.1. The summed E-state index contributed by atoms with van der Waals surface area (Å²) in [6.07, 6.45) is 1.72. The van der Waals surface area contributed by atoms with Crippen molar-refractivity contribution in [3.63, 3.8) is 0 Å². The standard InChI is InChI=1S/C12H18N2O2S/c13-9-11-5-1-2-6-12(11)10-14-7-3-4-8-17(14,15)16/h1-2,5-6H,3-4,7-10,13H2. The van der Waals surface area contributed by atoms with E-state index in [0.29, 0.717) is 19.6 Å². The maximum atomic E-state index is 11.9. The zero-order valence-electron chi connectivity index (χ0n) is 9.80. The van der Waals surface area contributed by atoms with Crippen molar-refractivity contribution >= 4 is 10.0 Å². The largest absolute Gasteiger partial charge is 0.326 e. The van der Waals surface area contributed by atoms with Crippen LogP contribution in [0, 0.1) is 0 Å². The van der Waals surface area contributed by atoms with Gasteiger partial charge in [0, 0.05) is 19.6 Å². The van der Waals surface area contributed by atoms with Crippen LogP contribution >= 0.6 is 0 Å². The lowest BCUT2D eigenvalue weighted by molar-refractivity contribution is 0.377. The molecule has 0 spiro atoms. The molecule has 0 bridgehead atoms. The van der Waals surface area contributed by atoms with Crippen molar-refractivity contribution in [3.05, 3.63) is 35.4 Å². The van der Waals surface area contributed by atoms with Gasteiger partial charge in [0.25, 0.3) is 0 Å². The Morgan fingerprint density at radius 2 is 1.88 bits per heavy atom. The molecule has 1 aliphatic heterocycles. The van der Waals surface area contributed by atoms with E-state index in [1.54, 1.807) is 4.31 Å². The molecule has 5 heteroatoms. The number of benzene rings is 1. The van der Waals surface area contributed by atoms with Gasteiger partial charge in [0.1, 0.15) is 0 Å². The summed E-state index contributed by atoms with van der Waals surface area (Å²) >= 11 is 0. The van der Waals surface area contributed by atoms with Gasteiger partial charge in [-0.2, -0.15) is 4.31 Å². The zero-order chi connectivity index (χ0) is 12.3. The van der Waals surface area contributed by atoms with E-state index < -0.39 is 10.0 Å². The highest BCUT2D eigenvalue weighted by molar-refractivity contribution is 7.89. The van der Waals surface area contributed by atoms with E-state index in [1.165, 1.54) is 0 Å². The topological polar surface area (TPSA) is 63.4 Å². The second-order valence-corrected chi connectivity index (χ2v) is 6.42. The fourth-order valence-corrected chi connectivity index (χ4v) is 3.69. The van der Waals surface area contributed by atoms with Crippen LogP contribution in [0.4, 0.5) is 0 Å². The van der Waals surface area contributed by atoms with E-state index in [2.05, 4.69) is 0 Å². The third-order valence-corrected chi connectivity index (χ3v) is 5.04. The second kappa shape index (κ2) is 5.16. The fraction of sp³-hybridized carbons (Fsp3) is 0.500. The number of hydrogen-bond acceptors (Lipinski definition) is 3. The van der Waals surface area contributed by atoms with Gasteiger partial charge in [-0.1, -0.05) is 24.3 Å². The van der Waals surface area contributed by atoms with Crippen LogP contribution in [0.25, 0.3) is 0 Å². The van der Waals surface area contributed by atoms with Gasteiger partial charge in [0.15, 0.2) is 0 Å². The lowest BCUT2D eigenvalue weighted by Crippen LogP contribution is -2.37. The van der Waals surface area contributed by atoms with Gasteiger partial charge in [-0.15, -0.1) is 0 Å². The van der Waals surface area contributed by atoms with Crippen molar-refractivity contribution in [2.24, 2.45) is 5.73 Å². The molecule has 1 aromatic rings. The van der Waals surface area contributed by atoms with E-state index >= 15 is 0 Å². The van der Waals surface area contributed by atoms with Crippen LogP contribution in [0.5, 0.6) is 0 Å². The summed E-state index contributed by atoms with van der Waals surface area (Å²) in [6, 6.07) is 7.75. The second-order valence-electron chi connectivity index (χ2n) is 4.33. The van der Waals surface area contributed by atoms with Gasteiger partial charge in [-0.3, -0.25) is 0 Å². The molecule has 1 heterocycles. The number of nitrogens with two attached hydrogens (primary N) is 1. The number of rotatable bonds is 3. The highest BCUT2D eigenvalue weighted by atomic mass is 32.2. The average Bonchev–Trinajstić information content (AvgIpc) is 2.32. The fourth-order valence-electron chi connectivity index (χ4n) is 2.12. The van der Waals surface area contributed by atoms with E-state index in [0.717, 1.165) is 24.0 Å². The number of sulfonamides is 1. The molecule has 0 saturated carbocycles. The van der Waals surface area contributed by atoms with Crippen molar-refractivity contribution in [3.8, 4) is 0 Å². The number of hydrogen-bond donors (Lipinski definition) is 1. The van der Waals surface area contributed by atoms with Crippen LogP contribution < -0.4 is 5.73 Å². The molecular formula is C12H18N2O2S. The third-order valence-electron chi connectivity index (χ3n) is 3.14. The zero-order valence-corrected chi connectivity index (χ0v) is 10.6. The Morgan fingerprint density at radius 1 is 1.18 bits per heavy atom. The Balaban J connectivity index is 2.20. The normalized spacial score (nSPS) is 20.3. The molecule has 94 valence electrons. The minimum Gasteiger partial charge on any atom is -0.326 e. The van der Waals surface area contributed by atoms with Crippen molar-refractivity contribution in [2.75, 3.05) is 12.3 Å². The summed E-state index contributed by atoms with van der Waals surface area (Å²) in [7, 11) is -3.05. The molecule has 0 radical (unpaired) electrons. The summed E-state index contributed by atoms with van der Waals surface area (Å²) in [5, 5.41) is 0. The van der Waals surface area contributed by atoms with Crippen LogP contribution in [-0.2, 0) is 23.1 Å². The Bertz CT molecular complexity index is 485. The van der Waals surface area contributed by atoms with E-state index in [4.69, 9.17) is 5.73 Å². The van der Waals surface area contributed by atoms with Gasteiger partial charge >= 0.3 is 0 Å². The molecule has 2 rings (SSSR count). The predicted molar refractivity (Wildman–Crippen MR) is 67.8 cm³/mol. The maximum Gasteiger partial charge on any atom is 0.214 e. The van der Waals surface area contributed by atoms with Gasteiger partial charge < -0.3 is 5.73 Å². The van der Waals surface area contributed by atoms with Crippen LogP contribution in [0.15, 0.2) is 24.3 Å². The first-order valence-electron chi connectivity index (χ1n) is 5.88. The highest BCUT2D eigenvalue weighted by Crippen LogP contribution is 2.19. The molecule has 1 aliphatic rings. The predicted octanol–water partition coefficient (Wildman–Crippen LogP) is 1.07. The van der Waals surface area contributed by atoms with E-state index in [1.807, 2.05) is 24.3 Å². The van der Waals surface area contributed by atoms with Crippen molar-refractivity contribution < 1.29 is 8.42 Å². The summed E-state index contributed by atoms with van der Waals surface area (Å²) in [4.78, 5) is 0. The molecule has 0 aliphatic carbocycles. The van der Waals surface area contributed by atoms with Crippen LogP contribution in [0.3, 0.4) is 0 Å². The third kappa shape index (κ3) is 2.86. The highest BCUT2D eigenvalue weighted by Gasteiger charge is 2.25. The molecule has 1 fully saturated rings. The average molecular weight is 254 g/mol. The first-order valence-corrected chi connectivity index (χ1v) is 7.49. The first-order chi connectivity index (χ1) is 8.13. The summed E-state index contributed by atoms with van der Waals surface area (Å²) < 4.78 is 25.3. The van der Waals surface area contributed by atoms with Crippen LogP contribution in [-0.4, -0.2) is 25.0 Å². The molecule has 0 aromatic heterocycles. The molecule has 1 aromatic carbocycles. The Labute approximate surface area is 102 Å². The van der Waals surface area contributed by atoms with E-state index in [9.17, 15) is 8.42 Å². The maximum absolute atomic E-state index is 11.9. The minimum atomic E-state index is -3.05. The Hall–Kier alpha value is -0.910. The lowest BCUT2D eigenvalue weighted by Gasteiger charge is -2.26. The van der Waals surface area contributed by atoms with Crippen molar-refractivity contribution in [2.45, 2.75) is 25.9 Å². The number of nitrogens with zero attached hydrogens (tertiary/aromatic N) is 1. The van der Waals surface area contributed by atoms with Crippen LogP contribution in [0.1, 0.15) is 24.0 Å². The minimum absolute atomic E-state index is 0.276. The molecule has 17 heavy (non-hydrogen) atoms. The van der Waals surface area contributed by atoms with Crippen molar-refractivity contribution in [1.29, 1.82) is 0 Å². The molecule has 0 amide bonds. The molecule has 2 N–H and O–H groups in total. The van der Waals surface area contributed by atoms with Gasteiger partial charge in [0.05, 0.1) is 5.75 Å². The van der Waals surface area contributed by atoms with Gasteiger partial charge in [-0.05, 0) is 24.0 Å². The van der Waals surface area contributed by atoms with Gasteiger partial charge in [0.2, 0.25) is 10.0 Å². The monoisotopic (exact) mass is 254 g/mol.